The van der Waals surface area contributed by atoms with Crippen LogP contribution in [0, 0.1) is 5.82 Å². The minimum absolute atomic E-state index is 0.188. The molecule has 112 valence electrons. The topological polar surface area (TPSA) is 39.7 Å². The van der Waals surface area contributed by atoms with E-state index in [1.807, 2.05) is 30.3 Å². The van der Waals surface area contributed by atoms with Crippen molar-refractivity contribution in [3.05, 3.63) is 59.4 Å². The predicted molar refractivity (Wildman–Crippen MR) is 77.6 cm³/mol. The highest BCUT2D eigenvalue weighted by Gasteiger charge is 2.15. The van der Waals surface area contributed by atoms with E-state index in [4.69, 9.17) is 14.3 Å². The molecule has 2 aromatic carbocycles. The van der Waals surface area contributed by atoms with E-state index in [-0.39, 0.29) is 12.3 Å². The Morgan fingerprint density at radius 1 is 1.00 bits per heavy atom. The number of methoxy groups -OCH3 is 1. The van der Waals surface area contributed by atoms with Crippen LogP contribution < -0.4 is 15.0 Å². The van der Waals surface area contributed by atoms with Crippen molar-refractivity contribution in [3.63, 3.8) is 0 Å². The molecule has 0 bridgehead atoms. The minimum Gasteiger partial charge on any atom is -0.496 e. The van der Waals surface area contributed by atoms with E-state index >= 15 is 0 Å². The summed E-state index contributed by atoms with van der Waals surface area (Å²) in [5, 5.41) is 0. The van der Waals surface area contributed by atoms with Gasteiger partial charge < -0.3 is 14.3 Å². The summed E-state index contributed by atoms with van der Waals surface area (Å²) in [6, 6.07) is 12.8. The van der Waals surface area contributed by atoms with Crippen molar-refractivity contribution in [3.8, 4) is 11.5 Å². The molecule has 0 amide bonds. The fraction of sp³-hybridized carbons (Fsp3) is 0.250. The molecule has 2 rings (SSSR count). The van der Waals surface area contributed by atoms with Gasteiger partial charge in [0.1, 0.15) is 12.4 Å². The summed E-state index contributed by atoms with van der Waals surface area (Å²) >= 11 is 0. The van der Waals surface area contributed by atoms with Gasteiger partial charge in [0, 0.05) is 5.56 Å². The maximum atomic E-state index is 14.4. The Bertz CT molecular complexity index is 575. The average Bonchev–Trinajstić information content (AvgIpc) is 2.53. The molecular weight excluding hydrogens is 273 g/mol. The van der Waals surface area contributed by atoms with Gasteiger partial charge in [-0.15, -0.1) is 0 Å². The van der Waals surface area contributed by atoms with Crippen molar-refractivity contribution in [2.75, 3.05) is 14.2 Å². The summed E-state index contributed by atoms with van der Waals surface area (Å²) in [7, 11) is 2.97. The molecule has 0 radical (unpaired) electrons. The standard InChI is InChI=1S/C16H18FNO3/c1-19-14-8-9-15(16(17)13(14)10-18-20-2)21-11-12-6-4-3-5-7-12/h3-9,18H,10-11H2,1-2H3. The van der Waals surface area contributed by atoms with Gasteiger partial charge >= 0.3 is 0 Å². The summed E-state index contributed by atoms with van der Waals surface area (Å²) in [5.74, 6) is 0.187. The van der Waals surface area contributed by atoms with Crippen molar-refractivity contribution < 1.29 is 18.7 Å². The van der Waals surface area contributed by atoms with E-state index in [0.29, 0.717) is 17.9 Å². The Balaban J connectivity index is 2.16. The molecule has 2 aromatic rings. The number of hydrogen-bond acceptors (Lipinski definition) is 4. The smallest absolute Gasteiger partial charge is 0.173 e. The number of halogens is 1. The third kappa shape index (κ3) is 3.93. The van der Waals surface area contributed by atoms with E-state index in [1.54, 1.807) is 12.1 Å². The zero-order valence-electron chi connectivity index (χ0n) is 12.1. The van der Waals surface area contributed by atoms with Crippen molar-refractivity contribution in [1.29, 1.82) is 0 Å². The summed E-state index contributed by atoms with van der Waals surface area (Å²) in [4.78, 5) is 4.76. The van der Waals surface area contributed by atoms with Crippen LogP contribution in [0.4, 0.5) is 4.39 Å². The van der Waals surface area contributed by atoms with Crippen molar-refractivity contribution >= 4 is 0 Å². The first kappa shape index (κ1) is 15.3. The first-order valence-corrected chi connectivity index (χ1v) is 6.54. The van der Waals surface area contributed by atoms with Crippen molar-refractivity contribution in [2.24, 2.45) is 0 Å². The lowest BCUT2D eigenvalue weighted by Crippen LogP contribution is -2.13. The number of hydroxylamine groups is 1. The Kier molecular flexibility index (Phi) is 5.54. The molecule has 0 saturated carbocycles. The molecule has 0 aliphatic heterocycles. The lowest BCUT2D eigenvalue weighted by molar-refractivity contribution is 0.0851. The monoisotopic (exact) mass is 291 g/mol. The van der Waals surface area contributed by atoms with Gasteiger partial charge in [0.2, 0.25) is 0 Å². The van der Waals surface area contributed by atoms with E-state index in [1.165, 1.54) is 14.2 Å². The second-order valence-electron chi connectivity index (χ2n) is 4.36. The average molecular weight is 291 g/mol. The summed E-state index contributed by atoms with van der Waals surface area (Å²) in [6.45, 7) is 0.495. The van der Waals surface area contributed by atoms with E-state index in [0.717, 1.165) is 5.56 Å². The van der Waals surface area contributed by atoms with Crippen LogP contribution in [0.1, 0.15) is 11.1 Å². The predicted octanol–water partition coefficient (Wildman–Crippen LogP) is 3.06. The van der Waals surface area contributed by atoms with Crippen LogP contribution in [0.2, 0.25) is 0 Å². The highest BCUT2D eigenvalue weighted by molar-refractivity contribution is 5.42. The van der Waals surface area contributed by atoms with Crippen LogP contribution in [0.15, 0.2) is 42.5 Å². The molecule has 0 fully saturated rings. The molecule has 0 aromatic heterocycles. The van der Waals surface area contributed by atoms with Gasteiger partial charge in [0.05, 0.1) is 20.8 Å². The second kappa shape index (κ2) is 7.61. The summed E-state index contributed by atoms with van der Waals surface area (Å²) in [5.41, 5.74) is 3.95. The Morgan fingerprint density at radius 2 is 1.71 bits per heavy atom. The molecule has 0 aliphatic rings. The third-order valence-corrected chi connectivity index (χ3v) is 3.02. The molecule has 0 heterocycles. The fourth-order valence-electron chi connectivity index (χ4n) is 1.93. The second-order valence-corrected chi connectivity index (χ2v) is 4.36. The molecule has 21 heavy (non-hydrogen) atoms. The molecular formula is C16H18FNO3. The zero-order chi connectivity index (χ0) is 15.1. The largest absolute Gasteiger partial charge is 0.496 e. The van der Waals surface area contributed by atoms with Gasteiger partial charge in [0.25, 0.3) is 0 Å². The lowest BCUT2D eigenvalue weighted by atomic mass is 10.1. The van der Waals surface area contributed by atoms with Crippen molar-refractivity contribution in [1.82, 2.24) is 5.48 Å². The quantitative estimate of drug-likeness (QED) is 0.796. The van der Waals surface area contributed by atoms with Crippen LogP contribution in [0.3, 0.4) is 0 Å². The van der Waals surface area contributed by atoms with Gasteiger partial charge in [-0.1, -0.05) is 30.3 Å². The SMILES string of the molecule is CONCc1c(OC)ccc(OCc2ccccc2)c1F. The minimum atomic E-state index is -0.449. The highest BCUT2D eigenvalue weighted by atomic mass is 19.1. The van der Waals surface area contributed by atoms with Gasteiger partial charge in [0.15, 0.2) is 11.6 Å². The summed E-state index contributed by atoms with van der Waals surface area (Å²) in [6.07, 6.45) is 0. The molecule has 1 N–H and O–H groups in total. The number of ether oxygens (including phenoxy) is 2. The van der Waals surface area contributed by atoms with E-state index in [9.17, 15) is 4.39 Å². The fourth-order valence-corrected chi connectivity index (χ4v) is 1.93. The number of hydrogen-bond donors (Lipinski definition) is 1. The van der Waals surface area contributed by atoms with Crippen molar-refractivity contribution in [2.45, 2.75) is 13.2 Å². The number of nitrogens with one attached hydrogen (secondary N) is 1. The normalized spacial score (nSPS) is 10.4. The summed E-state index contributed by atoms with van der Waals surface area (Å²) < 4.78 is 25.1. The highest BCUT2D eigenvalue weighted by Crippen LogP contribution is 2.29. The van der Waals surface area contributed by atoms with Crippen LogP contribution in [-0.4, -0.2) is 14.2 Å². The molecule has 0 saturated heterocycles. The molecule has 4 nitrogen and oxygen atoms in total. The maximum Gasteiger partial charge on any atom is 0.173 e. The Labute approximate surface area is 123 Å². The Morgan fingerprint density at radius 3 is 2.38 bits per heavy atom. The first-order chi connectivity index (χ1) is 10.3. The van der Waals surface area contributed by atoms with Crippen LogP contribution >= 0.6 is 0 Å². The van der Waals surface area contributed by atoms with Crippen LogP contribution in [0.5, 0.6) is 11.5 Å². The third-order valence-electron chi connectivity index (χ3n) is 3.02. The number of benzene rings is 2. The van der Waals surface area contributed by atoms with Gasteiger partial charge in [-0.2, -0.15) is 5.48 Å². The molecule has 5 heteroatoms. The molecule has 0 atom stereocenters. The van der Waals surface area contributed by atoms with Gasteiger partial charge in [-0.05, 0) is 17.7 Å². The molecule has 0 spiro atoms. The Hall–Kier alpha value is -2.11. The lowest BCUT2D eigenvalue weighted by Gasteiger charge is -2.14. The van der Waals surface area contributed by atoms with Crippen LogP contribution in [0.25, 0.3) is 0 Å². The van der Waals surface area contributed by atoms with E-state index in [2.05, 4.69) is 5.48 Å². The van der Waals surface area contributed by atoms with Gasteiger partial charge in [-0.3, -0.25) is 0 Å². The maximum absolute atomic E-state index is 14.4. The van der Waals surface area contributed by atoms with E-state index < -0.39 is 5.82 Å². The molecule has 0 unspecified atom stereocenters. The van der Waals surface area contributed by atoms with Gasteiger partial charge in [-0.25, -0.2) is 4.39 Å². The zero-order valence-corrected chi connectivity index (χ0v) is 12.1. The van der Waals surface area contributed by atoms with Crippen LogP contribution in [-0.2, 0) is 18.0 Å². The number of rotatable bonds is 7. The molecule has 0 aliphatic carbocycles. The first-order valence-electron chi connectivity index (χ1n) is 6.54.